The third kappa shape index (κ3) is 10.1. The lowest BCUT2D eigenvalue weighted by atomic mass is 9.79. The maximum Gasteiger partial charge on any atom is 0.321 e. The van der Waals surface area contributed by atoms with E-state index in [1.165, 1.54) is 0 Å². The SMILES string of the molecule is C[C@H](C(O[Si](C)(C)C(C)(C)C)[SiH2]O[SiH2]C(O[Si](C)(C)C(C)(C)C)[C@@H](C)[C@H](NC1(c2ccccc2)c2ccccc2-c2ccccc21)C(=O)O)[C@H](NC1(c2ccccc2)c2ccccc2-c2ccccc21)C(=O)O. The minimum absolute atomic E-state index is 0.174. The molecule has 6 aromatic carbocycles. The molecule has 6 atom stereocenters. The Morgan fingerprint density at radius 1 is 0.466 bits per heavy atom. The quantitative estimate of drug-likeness (QED) is 0.0553. The van der Waals surface area contributed by atoms with Crippen LogP contribution in [-0.4, -0.2) is 81.9 Å². The summed E-state index contributed by atoms with van der Waals surface area (Å²) >= 11 is 0. The van der Waals surface area contributed by atoms with Crippen LogP contribution in [0.3, 0.4) is 0 Å². The Morgan fingerprint density at radius 3 is 0.986 bits per heavy atom. The van der Waals surface area contributed by atoms with Crippen molar-refractivity contribution in [1.82, 2.24) is 10.6 Å². The Bertz CT molecular complexity index is 2630. The van der Waals surface area contributed by atoms with Gasteiger partial charge in [0.2, 0.25) is 0 Å². The van der Waals surface area contributed by atoms with E-state index in [4.69, 9.17) is 13.0 Å². The molecule has 2 unspecified atom stereocenters. The minimum atomic E-state index is -2.53. The largest absolute Gasteiger partial charge is 0.480 e. The van der Waals surface area contributed by atoms with Crippen molar-refractivity contribution in [3.05, 3.63) is 191 Å². The molecule has 0 radical (unpaired) electrons. The van der Waals surface area contributed by atoms with E-state index in [-0.39, 0.29) is 10.1 Å². The molecule has 0 aliphatic heterocycles. The molecule has 0 aromatic heterocycles. The monoisotopic (exact) mass is 1050 g/mol. The Kier molecular flexibility index (Phi) is 15.5. The van der Waals surface area contributed by atoms with Gasteiger partial charge in [-0.1, -0.05) is 213 Å². The Balaban J connectivity index is 1.16. The summed E-state index contributed by atoms with van der Waals surface area (Å²) < 4.78 is 22.0. The van der Waals surface area contributed by atoms with Gasteiger partial charge in [-0.15, -0.1) is 0 Å². The molecule has 384 valence electrons. The first kappa shape index (κ1) is 54.2. The van der Waals surface area contributed by atoms with Crippen LogP contribution in [0.25, 0.3) is 22.3 Å². The van der Waals surface area contributed by atoms with E-state index in [1.54, 1.807) is 0 Å². The predicted octanol–water partition coefficient (Wildman–Crippen LogP) is 11.2. The molecule has 0 saturated carbocycles. The predicted molar refractivity (Wildman–Crippen MR) is 306 cm³/mol. The van der Waals surface area contributed by atoms with Crippen molar-refractivity contribution in [2.75, 3.05) is 0 Å². The normalized spacial score (nSPS) is 17.6. The van der Waals surface area contributed by atoms with Crippen molar-refractivity contribution in [2.45, 2.75) is 126 Å². The maximum atomic E-state index is 14.1. The number of aliphatic carboxylic acids is 2. The minimum Gasteiger partial charge on any atom is -0.480 e. The smallest absolute Gasteiger partial charge is 0.321 e. The van der Waals surface area contributed by atoms with Gasteiger partial charge in [-0.2, -0.15) is 0 Å². The van der Waals surface area contributed by atoms with E-state index in [2.05, 4.69) is 151 Å². The number of hydrogen-bond acceptors (Lipinski definition) is 7. The fourth-order valence-electron chi connectivity index (χ4n) is 10.7. The first-order valence-corrected chi connectivity index (χ1v) is 34.5. The number of carboxylic acid groups (broad SMARTS) is 2. The van der Waals surface area contributed by atoms with Crippen LogP contribution in [0.5, 0.6) is 0 Å². The van der Waals surface area contributed by atoms with Gasteiger partial charge in [0.25, 0.3) is 0 Å². The third-order valence-electron chi connectivity index (χ3n) is 16.9. The van der Waals surface area contributed by atoms with Crippen molar-refractivity contribution >= 4 is 48.1 Å². The van der Waals surface area contributed by atoms with Gasteiger partial charge in [0.05, 0.1) is 22.5 Å². The molecule has 0 spiro atoms. The van der Waals surface area contributed by atoms with Crippen LogP contribution < -0.4 is 10.6 Å². The highest BCUT2D eigenvalue weighted by Gasteiger charge is 2.52. The zero-order chi connectivity index (χ0) is 52.7. The van der Waals surface area contributed by atoms with Crippen LogP contribution in [0, 0.1) is 11.8 Å². The molecule has 6 aromatic rings. The van der Waals surface area contributed by atoms with Crippen LogP contribution in [0.4, 0.5) is 0 Å². The number of carbonyl (C=O) groups is 2. The summed E-state index contributed by atoms with van der Waals surface area (Å²) in [6.45, 7) is 26.1. The summed E-state index contributed by atoms with van der Waals surface area (Å²) in [5, 5.41) is 30.4. The molecule has 0 fully saturated rings. The van der Waals surface area contributed by atoms with Crippen LogP contribution in [0.15, 0.2) is 158 Å². The summed E-state index contributed by atoms with van der Waals surface area (Å²) in [5.41, 5.74) is 7.22. The van der Waals surface area contributed by atoms with Crippen molar-refractivity contribution in [3.8, 4) is 22.3 Å². The fraction of sp³-hybridized carbons (Fsp3) is 0.367. The number of hydrogen-bond donors (Lipinski definition) is 4. The van der Waals surface area contributed by atoms with Crippen molar-refractivity contribution in [2.24, 2.45) is 11.8 Å². The van der Waals surface area contributed by atoms with Crippen LogP contribution in [0.2, 0.25) is 36.3 Å². The summed E-state index contributed by atoms with van der Waals surface area (Å²) in [6.07, 6.45) is 0. The highest BCUT2D eigenvalue weighted by atomic mass is 28.4. The van der Waals surface area contributed by atoms with Gasteiger partial charge in [0.1, 0.15) is 12.1 Å². The number of carboxylic acids is 2. The number of fused-ring (bicyclic) bond motifs is 6. The highest BCUT2D eigenvalue weighted by molar-refractivity contribution is 6.75. The topological polar surface area (TPSA) is 126 Å². The lowest BCUT2D eigenvalue weighted by molar-refractivity contribution is -0.143. The van der Waals surface area contributed by atoms with Gasteiger partial charge in [-0.05, 0) is 91.9 Å². The molecule has 0 heterocycles. The Hall–Kier alpha value is -5.07. The lowest BCUT2D eigenvalue weighted by Crippen LogP contribution is -2.59. The molecule has 2 aliphatic rings. The molecular weight excluding hydrogens is 973 g/mol. The van der Waals surface area contributed by atoms with E-state index >= 15 is 0 Å². The summed E-state index contributed by atoms with van der Waals surface area (Å²) in [7, 11) is -8.43. The van der Waals surface area contributed by atoms with Crippen molar-refractivity contribution < 1.29 is 32.8 Å². The standard InChI is InChI=1S/C60H76N2O7Si4/c1-39(51(53(63)64)61-59(41-27-15-13-16-28-41)47-35-23-19-31-43(47)44-32-20-24-36-48(44)59)55(67-72(9,10)57(3,4)5)70-69-71-56(68-73(11,12)58(6,7)8)40(2)52(54(65)66)62-60(42-29-17-14-18-30-42)49-37-25-21-33-45(49)46-34-22-26-38-50(46)60/h13-40,51-52,55-56,61-62H,70-71H2,1-12H3,(H,63,64)(H,65,66)/t39-,40-,51-,52-,55?,56?/m0/s1. The van der Waals surface area contributed by atoms with E-state index in [1.807, 2.05) is 98.8 Å². The molecule has 4 N–H and O–H groups in total. The second-order valence-electron chi connectivity index (χ2n) is 23.4. The van der Waals surface area contributed by atoms with Crippen molar-refractivity contribution in [1.29, 1.82) is 0 Å². The van der Waals surface area contributed by atoms with E-state index < -0.39 is 94.6 Å². The lowest BCUT2D eigenvalue weighted by Gasteiger charge is -2.45. The van der Waals surface area contributed by atoms with Crippen molar-refractivity contribution in [3.63, 3.8) is 0 Å². The fourth-order valence-corrected chi connectivity index (χ4v) is 19.9. The van der Waals surface area contributed by atoms with E-state index in [0.29, 0.717) is 0 Å². The van der Waals surface area contributed by atoms with Gasteiger partial charge in [0.15, 0.2) is 36.2 Å². The molecular formula is C60H76N2O7Si4. The van der Waals surface area contributed by atoms with E-state index in [0.717, 1.165) is 55.6 Å². The molecule has 0 bridgehead atoms. The van der Waals surface area contributed by atoms with Crippen LogP contribution >= 0.6 is 0 Å². The summed E-state index contributed by atoms with van der Waals surface area (Å²) in [5.74, 6) is -3.01. The Morgan fingerprint density at radius 2 is 0.726 bits per heavy atom. The average Bonchev–Trinajstić information content (AvgIpc) is 3.81. The zero-order valence-electron chi connectivity index (χ0n) is 44.8. The average molecular weight is 1050 g/mol. The zero-order valence-corrected chi connectivity index (χ0v) is 49.7. The van der Waals surface area contributed by atoms with Gasteiger partial charge < -0.3 is 23.2 Å². The number of rotatable bonds is 20. The molecule has 9 nitrogen and oxygen atoms in total. The van der Waals surface area contributed by atoms with Gasteiger partial charge in [-0.3, -0.25) is 20.2 Å². The first-order valence-electron chi connectivity index (χ1n) is 25.9. The van der Waals surface area contributed by atoms with Gasteiger partial charge in [-0.25, -0.2) is 0 Å². The molecule has 13 heteroatoms. The van der Waals surface area contributed by atoms with Crippen LogP contribution in [-0.2, 0) is 33.6 Å². The van der Waals surface area contributed by atoms with E-state index in [9.17, 15) is 19.8 Å². The number of benzene rings is 6. The second kappa shape index (κ2) is 20.9. The maximum absolute atomic E-state index is 14.1. The Labute approximate surface area is 440 Å². The van der Waals surface area contributed by atoms with Crippen LogP contribution in [0.1, 0.15) is 88.8 Å². The second-order valence-corrected chi connectivity index (χ2v) is 36.8. The number of nitrogens with one attached hydrogen (secondary N) is 2. The molecule has 73 heavy (non-hydrogen) atoms. The molecule has 2 aliphatic carbocycles. The molecule has 0 amide bonds. The third-order valence-corrected chi connectivity index (χ3v) is 30.9. The summed E-state index contributed by atoms with van der Waals surface area (Å²) in [6, 6.07) is 51.4. The highest BCUT2D eigenvalue weighted by Crippen LogP contribution is 2.53. The first-order chi connectivity index (χ1) is 34.5. The molecule has 8 rings (SSSR count). The van der Waals surface area contributed by atoms with Gasteiger partial charge in [0, 0.05) is 11.8 Å². The molecule has 0 saturated heterocycles. The summed E-state index contributed by atoms with van der Waals surface area (Å²) in [4.78, 5) is 28.2. The van der Waals surface area contributed by atoms with Gasteiger partial charge >= 0.3 is 11.9 Å².